The number of fused-ring (bicyclic) bond motifs is 3. The van der Waals surface area contributed by atoms with E-state index < -0.39 is 0 Å². The van der Waals surface area contributed by atoms with Crippen molar-refractivity contribution in [3.63, 3.8) is 0 Å². The first-order valence-electron chi connectivity index (χ1n) is 6.98. The topological polar surface area (TPSA) is 77.5 Å². The fourth-order valence-corrected chi connectivity index (χ4v) is 2.80. The van der Waals surface area contributed by atoms with E-state index in [1.165, 1.54) is 0 Å². The third kappa shape index (κ3) is 1.81. The molecular weight excluding hydrogens is 278 g/mol. The van der Waals surface area contributed by atoms with Crippen molar-refractivity contribution in [2.75, 3.05) is 12.4 Å². The molecule has 6 heteroatoms. The molecule has 3 aromatic rings. The number of nitrogens with zero attached hydrogens (tertiary/aromatic N) is 3. The van der Waals surface area contributed by atoms with Crippen molar-refractivity contribution in [2.45, 2.75) is 6.17 Å². The van der Waals surface area contributed by atoms with Crippen LogP contribution in [0.2, 0.25) is 0 Å². The Labute approximate surface area is 127 Å². The quantitative estimate of drug-likeness (QED) is 0.760. The average molecular weight is 293 g/mol. The highest BCUT2D eigenvalue weighted by molar-refractivity contribution is 5.94. The second kappa shape index (κ2) is 4.77. The maximum absolute atomic E-state index is 5.94. The molecule has 1 aromatic heterocycles. The van der Waals surface area contributed by atoms with Crippen LogP contribution in [0.15, 0.2) is 53.5 Å². The van der Waals surface area contributed by atoms with Gasteiger partial charge in [0.2, 0.25) is 5.95 Å². The summed E-state index contributed by atoms with van der Waals surface area (Å²) in [4.78, 5) is 9.14. The van der Waals surface area contributed by atoms with Gasteiger partial charge in [0.05, 0.1) is 18.1 Å². The Bertz CT molecular complexity index is 883. The molecule has 0 spiro atoms. The second-order valence-corrected chi connectivity index (χ2v) is 5.05. The number of rotatable bonds is 2. The molecule has 0 saturated carbocycles. The molecular formula is C16H15N5O. The molecule has 0 unspecified atom stereocenters. The number of hydrogen-bond donors (Lipinski definition) is 2. The Hall–Kier alpha value is -3.02. The maximum atomic E-state index is 5.94. The van der Waals surface area contributed by atoms with E-state index in [1.54, 1.807) is 7.11 Å². The predicted molar refractivity (Wildman–Crippen MR) is 86.1 cm³/mol. The highest BCUT2D eigenvalue weighted by Crippen LogP contribution is 2.35. The van der Waals surface area contributed by atoms with Crippen LogP contribution in [0.4, 0.5) is 5.95 Å². The number of benzene rings is 2. The van der Waals surface area contributed by atoms with Crippen molar-refractivity contribution < 1.29 is 4.74 Å². The molecule has 0 aliphatic carbocycles. The highest BCUT2D eigenvalue weighted by atomic mass is 16.5. The predicted octanol–water partition coefficient (Wildman–Crippen LogP) is 2.33. The van der Waals surface area contributed by atoms with Crippen molar-refractivity contribution in [3.8, 4) is 5.75 Å². The van der Waals surface area contributed by atoms with Crippen LogP contribution in [0.3, 0.4) is 0 Å². The average Bonchev–Trinajstić information content (AvgIpc) is 2.92. The Balaban J connectivity index is 1.98. The smallest absolute Gasteiger partial charge is 0.212 e. The van der Waals surface area contributed by atoms with E-state index in [0.29, 0.717) is 11.9 Å². The van der Waals surface area contributed by atoms with E-state index in [9.17, 15) is 0 Å². The molecule has 0 bridgehead atoms. The Morgan fingerprint density at radius 3 is 2.77 bits per heavy atom. The van der Waals surface area contributed by atoms with E-state index in [2.05, 4.69) is 15.3 Å². The molecule has 1 atom stereocenters. The molecule has 2 heterocycles. The van der Waals surface area contributed by atoms with E-state index in [0.717, 1.165) is 22.3 Å². The summed E-state index contributed by atoms with van der Waals surface area (Å²) >= 11 is 0. The van der Waals surface area contributed by atoms with E-state index in [1.807, 2.05) is 53.1 Å². The zero-order valence-corrected chi connectivity index (χ0v) is 12.0. The third-order valence-electron chi connectivity index (χ3n) is 3.76. The Morgan fingerprint density at radius 2 is 1.91 bits per heavy atom. The largest absolute Gasteiger partial charge is 0.496 e. The van der Waals surface area contributed by atoms with Crippen LogP contribution in [-0.2, 0) is 0 Å². The number of nitrogens with one attached hydrogen (secondary N) is 1. The lowest BCUT2D eigenvalue weighted by atomic mass is 10.1. The summed E-state index contributed by atoms with van der Waals surface area (Å²) in [6.07, 6.45) is -0.306. The summed E-state index contributed by atoms with van der Waals surface area (Å²) in [6, 6.07) is 15.7. The molecule has 0 fully saturated rings. The second-order valence-electron chi connectivity index (χ2n) is 5.05. The molecule has 0 amide bonds. The van der Waals surface area contributed by atoms with Gasteiger partial charge in [-0.2, -0.15) is 0 Å². The van der Waals surface area contributed by atoms with Crippen molar-refractivity contribution in [2.24, 2.45) is 10.7 Å². The number of aliphatic imine (C=N–C) groups is 1. The first-order valence-corrected chi connectivity index (χ1v) is 6.98. The Morgan fingerprint density at radius 1 is 1.14 bits per heavy atom. The van der Waals surface area contributed by atoms with Crippen molar-refractivity contribution in [1.29, 1.82) is 0 Å². The third-order valence-corrected chi connectivity index (χ3v) is 3.76. The van der Waals surface area contributed by atoms with Gasteiger partial charge in [0.1, 0.15) is 5.75 Å². The lowest BCUT2D eigenvalue weighted by Crippen LogP contribution is -2.31. The minimum atomic E-state index is -0.306. The number of hydrogen-bond acceptors (Lipinski definition) is 5. The number of imidazole rings is 1. The molecule has 110 valence electrons. The lowest BCUT2D eigenvalue weighted by molar-refractivity contribution is 0.403. The molecule has 0 saturated heterocycles. The van der Waals surface area contributed by atoms with Gasteiger partial charge in [-0.15, -0.1) is 0 Å². The van der Waals surface area contributed by atoms with Crippen LogP contribution in [0.1, 0.15) is 11.7 Å². The monoisotopic (exact) mass is 293 g/mol. The molecule has 3 N–H and O–H groups in total. The first kappa shape index (κ1) is 12.7. The maximum Gasteiger partial charge on any atom is 0.212 e. The van der Waals surface area contributed by atoms with E-state index >= 15 is 0 Å². The fraction of sp³-hybridized carbons (Fsp3) is 0.125. The van der Waals surface area contributed by atoms with Gasteiger partial charge >= 0.3 is 0 Å². The summed E-state index contributed by atoms with van der Waals surface area (Å²) in [5.41, 5.74) is 8.77. The molecule has 1 aliphatic rings. The van der Waals surface area contributed by atoms with E-state index in [4.69, 9.17) is 10.5 Å². The first-order chi connectivity index (χ1) is 10.8. The SMILES string of the molecule is COc1ccccc1[C@@H]1N=C(N)Nc2nc3ccccc3n21. The van der Waals surface area contributed by atoms with Gasteiger partial charge in [-0.3, -0.25) is 9.88 Å². The summed E-state index contributed by atoms with van der Waals surface area (Å²) in [7, 11) is 1.65. The van der Waals surface area contributed by atoms with Gasteiger partial charge in [-0.25, -0.2) is 9.98 Å². The minimum Gasteiger partial charge on any atom is -0.496 e. The molecule has 0 radical (unpaired) electrons. The summed E-state index contributed by atoms with van der Waals surface area (Å²) in [5, 5.41) is 3.03. The molecule has 2 aromatic carbocycles. The fourth-order valence-electron chi connectivity index (χ4n) is 2.80. The van der Waals surface area contributed by atoms with Gasteiger partial charge in [0.25, 0.3) is 0 Å². The van der Waals surface area contributed by atoms with Gasteiger partial charge in [-0.05, 0) is 18.2 Å². The molecule has 6 nitrogen and oxygen atoms in total. The van der Waals surface area contributed by atoms with Gasteiger partial charge < -0.3 is 10.5 Å². The van der Waals surface area contributed by atoms with Crippen LogP contribution < -0.4 is 15.8 Å². The minimum absolute atomic E-state index is 0.306. The lowest BCUT2D eigenvalue weighted by Gasteiger charge is -2.24. The number of ether oxygens (including phenoxy) is 1. The summed E-state index contributed by atoms with van der Waals surface area (Å²) in [5.74, 6) is 1.80. The Kier molecular flexibility index (Phi) is 2.75. The van der Waals surface area contributed by atoms with Gasteiger partial charge in [0.15, 0.2) is 12.1 Å². The van der Waals surface area contributed by atoms with Crippen molar-refractivity contribution in [1.82, 2.24) is 9.55 Å². The van der Waals surface area contributed by atoms with Gasteiger partial charge in [0, 0.05) is 5.56 Å². The zero-order valence-electron chi connectivity index (χ0n) is 12.0. The van der Waals surface area contributed by atoms with Crippen LogP contribution in [0, 0.1) is 0 Å². The standard InChI is InChI=1S/C16H15N5O/c1-22-13-9-5-2-6-10(13)14-19-15(17)20-16-18-11-7-3-4-8-12(11)21(14)16/h2-9,14H,1H3,(H3,17,18,19,20)/t14-/m1/s1. The molecule has 1 aliphatic heterocycles. The van der Waals surface area contributed by atoms with Gasteiger partial charge in [-0.1, -0.05) is 30.3 Å². The van der Waals surface area contributed by atoms with Crippen molar-refractivity contribution in [3.05, 3.63) is 54.1 Å². The number of anilines is 1. The van der Waals surface area contributed by atoms with Crippen LogP contribution in [0.5, 0.6) is 5.75 Å². The zero-order chi connectivity index (χ0) is 15.1. The van der Waals surface area contributed by atoms with Crippen LogP contribution in [0.25, 0.3) is 11.0 Å². The summed E-state index contributed by atoms with van der Waals surface area (Å²) < 4.78 is 7.50. The highest BCUT2D eigenvalue weighted by Gasteiger charge is 2.26. The number of nitrogens with two attached hydrogens (primary N) is 1. The number of guanidine groups is 1. The summed E-state index contributed by atoms with van der Waals surface area (Å²) in [6.45, 7) is 0. The number of para-hydroxylation sites is 3. The number of methoxy groups -OCH3 is 1. The normalized spacial score (nSPS) is 16.8. The number of aromatic nitrogens is 2. The van der Waals surface area contributed by atoms with Crippen molar-refractivity contribution >= 4 is 22.9 Å². The molecule has 4 rings (SSSR count). The molecule has 22 heavy (non-hydrogen) atoms. The van der Waals surface area contributed by atoms with Crippen LogP contribution in [-0.4, -0.2) is 22.6 Å². The van der Waals surface area contributed by atoms with Crippen LogP contribution >= 0.6 is 0 Å². The van der Waals surface area contributed by atoms with E-state index in [-0.39, 0.29) is 6.17 Å².